The molecule has 0 spiro atoms. The normalized spacial score (nSPS) is 12.3. The molecule has 1 aromatic heterocycles. The second kappa shape index (κ2) is 6.92. The van der Waals surface area contributed by atoms with E-state index in [0.29, 0.717) is 12.4 Å². The van der Waals surface area contributed by atoms with Crippen LogP contribution < -0.4 is 21.3 Å². The summed E-state index contributed by atoms with van der Waals surface area (Å²) < 4.78 is 5.39. The lowest BCUT2D eigenvalue weighted by Crippen LogP contribution is -2.21. The third-order valence-electron chi connectivity index (χ3n) is 2.02. The van der Waals surface area contributed by atoms with E-state index in [1.807, 2.05) is 20.8 Å². The number of hydrogen-bond donors (Lipinski definition) is 4. The number of hydrogen-bond acceptors (Lipinski definition) is 8. The van der Waals surface area contributed by atoms with Gasteiger partial charge in [0.2, 0.25) is 11.9 Å². The number of ether oxygens (including phenoxy) is 1. The van der Waals surface area contributed by atoms with Crippen LogP contribution in [0.3, 0.4) is 0 Å². The zero-order chi connectivity index (χ0) is 13.5. The number of nitrogens with two attached hydrogens (primary N) is 1. The van der Waals surface area contributed by atoms with Crippen LogP contribution in [-0.4, -0.2) is 38.8 Å². The van der Waals surface area contributed by atoms with Gasteiger partial charge in [-0.1, -0.05) is 0 Å². The molecule has 0 radical (unpaired) electrons. The van der Waals surface area contributed by atoms with Crippen molar-refractivity contribution in [3.63, 3.8) is 0 Å². The van der Waals surface area contributed by atoms with E-state index >= 15 is 0 Å². The summed E-state index contributed by atoms with van der Waals surface area (Å²) in [4.78, 5) is 12.1. The van der Waals surface area contributed by atoms with Crippen molar-refractivity contribution in [3.8, 4) is 6.01 Å². The van der Waals surface area contributed by atoms with E-state index in [1.165, 1.54) is 0 Å². The lowest BCUT2D eigenvalue weighted by molar-refractivity contribution is 0.222. The highest BCUT2D eigenvalue weighted by Crippen LogP contribution is 2.13. The van der Waals surface area contributed by atoms with Crippen molar-refractivity contribution in [2.45, 2.75) is 39.3 Å². The molecule has 0 saturated heterocycles. The Morgan fingerprint density at radius 1 is 1.22 bits per heavy atom. The molecule has 102 valence electrons. The molecule has 0 aliphatic carbocycles. The van der Waals surface area contributed by atoms with Crippen LogP contribution in [0.15, 0.2) is 0 Å². The number of aliphatic hydroxyl groups excluding tert-OH is 1. The van der Waals surface area contributed by atoms with Crippen molar-refractivity contribution < 1.29 is 9.84 Å². The Kier molecular flexibility index (Phi) is 5.53. The highest BCUT2D eigenvalue weighted by molar-refractivity contribution is 5.35. The molecule has 1 rings (SSSR count). The average molecular weight is 256 g/mol. The lowest BCUT2D eigenvalue weighted by atomic mass is 10.2. The molecule has 0 bridgehead atoms. The second-order valence-electron chi connectivity index (χ2n) is 4.13. The first-order chi connectivity index (χ1) is 8.55. The van der Waals surface area contributed by atoms with Crippen molar-refractivity contribution in [2.24, 2.45) is 5.84 Å². The number of nitrogens with zero attached hydrogens (tertiary/aromatic N) is 3. The van der Waals surface area contributed by atoms with Crippen molar-refractivity contribution in [1.82, 2.24) is 15.0 Å². The van der Waals surface area contributed by atoms with Crippen LogP contribution in [-0.2, 0) is 0 Å². The predicted molar refractivity (Wildman–Crippen MR) is 68.2 cm³/mol. The van der Waals surface area contributed by atoms with E-state index in [9.17, 15) is 0 Å². The molecule has 1 unspecified atom stereocenters. The van der Waals surface area contributed by atoms with Crippen LogP contribution in [0.5, 0.6) is 6.01 Å². The fraction of sp³-hybridized carbons (Fsp3) is 0.700. The number of hydrazine groups is 1. The first-order valence-corrected chi connectivity index (χ1v) is 5.82. The maximum atomic E-state index is 8.84. The molecule has 0 saturated carbocycles. The SMILES string of the molecule is CC(CCO)Nc1nc(NN)nc(OC(C)C)n1. The molecule has 1 heterocycles. The standard InChI is InChI=1S/C10H20N6O2/c1-6(2)18-10-14-8(12-7(3)4-5-17)13-9(15-10)16-11/h6-7,17H,4-5,11H2,1-3H3,(H2,12,13,14,15,16). The van der Waals surface area contributed by atoms with Crippen LogP contribution in [0, 0.1) is 0 Å². The third-order valence-corrected chi connectivity index (χ3v) is 2.02. The smallest absolute Gasteiger partial charge is 0.323 e. The average Bonchev–Trinajstić information content (AvgIpc) is 2.27. The zero-order valence-corrected chi connectivity index (χ0v) is 10.8. The van der Waals surface area contributed by atoms with Gasteiger partial charge in [0.05, 0.1) is 6.10 Å². The van der Waals surface area contributed by atoms with Crippen LogP contribution in [0.25, 0.3) is 0 Å². The fourth-order valence-corrected chi connectivity index (χ4v) is 1.24. The van der Waals surface area contributed by atoms with Gasteiger partial charge in [-0.3, -0.25) is 5.43 Å². The van der Waals surface area contributed by atoms with Gasteiger partial charge in [-0.25, -0.2) is 5.84 Å². The summed E-state index contributed by atoms with van der Waals surface area (Å²) in [5.41, 5.74) is 2.35. The van der Waals surface area contributed by atoms with E-state index in [0.717, 1.165) is 0 Å². The van der Waals surface area contributed by atoms with E-state index in [-0.39, 0.29) is 30.7 Å². The molecule has 1 aromatic rings. The Labute approximate surface area is 106 Å². The maximum Gasteiger partial charge on any atom is 0.323 e. The van der Waals surface area contributed by atoms with E-state index in [4.69, 9.17) is 15.7 Å². The molecule has 0 amide bonds. The Morgan fingerprint density at radius 2 is 1.89 bits per heavy atom. The minimum Gasteiger partial charge on any atom is -0.461 e. The van der Waals surface area contributed by atoms with Gasteiger partial charge in [-0.15, -0.1) is 0 Å². The zero-order valence-electron chi connectivity index (χ0n) is 10.8. The van der Waals surface area contributed by atoms with Crippen LogP contribution in [0.2, 0.25) is 0 Å². The van der Waals surface area contributed by atoms with Gasteiger partial charge >= 0.3 is 6.01 Å². The number of aromatic nitrogens is 3. The minimum atomic E-state index is -0.0410. The highest BCUT2D eigenvalue weighted by atomic mass is 16.5. The highest BCUT2D eigenvalue weighted by Gasteiger charge is 2.10. The van der Waals surface area contributed by atoms with Crippen molar-refractivity contribution in [3.05, 3.63) is 0 Å². The molecule has 8 nitrogen and oxygen atoms in total. The summed E-state index contributed by atoms with van der Waals surface area (Å²) in [6, 6.07) is 0.238. The first kappa shape index (κ1) is 14.4. The quantitative estimate of drug-likeness (QED) is 0.401. The molecule has 1 atom stereocenters. The van der Waals surface area contributed by atoms with Gasteiger partial charge in [0, 0.05) is 12.6 Å². The fourth-order valence-electron chi connectivity index (χ4n) is 1.24. The van der Waals surface area contributed by atoms with Crippen molar-refractivity contribution >= 4 is 11.9 Å². The van der Waals surface area contributed by atoms with E-state index < -0.39 is 0 Å². The largest absolute Gasteiger partial charge is 0.461 e. The molecular weight excluding hydrogens is 236 g/mol. The molecule has 5 N–H and O–H groups in total. The summed E-state index contributed by atoms with van der Waals surface area (Å²) in [6.07, 6.45) is 0.554. The molecule has 0 aromatic carbocycles. The Hall–Kier alpha value is -1.67. The van der Waals surface area contributed by atoms with Gasteiger partial charge in [-0.2, -0.15) is 15.0 Å². The Balaban J connectivity index is 2.82. The topological polar surface area (TPSA) is 118 Å². The maximum absolute atomic E-state index is 8.84. The van der Waals surface area contributed by atoms with Gasteiger partial charge in [0.15, 0.2) is 0 Å². The lowest BCUT2D eigenvalue weighted by Gasteiger charge is -2.14. The molecule has 0 aliphatic rings. The number of nitrogens with one attached hydrogen (secondary N) is 2. The van der Waals surface area contributed by atoms with E-state index in [2.05, 4.69) is 25.7 Å². The predicted octanol–water partition coefficient (Wildman–Crippen LogP) is 0.127. The van der Waals surface area contributed by atoms with Crippen molar-refractivity contribution in [1.29, 1.82) is 0 Å². The third kappa shape index (κ3) is 4.68. The number of nitrogen functional groups attached to an aromatic ring is 1. The number of anilines is 2. The van der Waals surface area contributed by atoms with Gasteiger partial charge in [-0.05, 0) is 27.2 Å². The number of rotatable bonds is 7. The summed E-state index contributed by atoms with van der Waals surface area (Å²) in [5.74, 6) is 5.86. The van der Waals surface area contributed by atoms with Gasteiger partial charge in [0.1, 0.15) is 0 Å². The monoisotopic (exact) mass is 256 g/mol. The molecule has 0 aliphatic heterocycles. The summed E-state index contributed by atoms with van der Waals surface area (Å²) in [7, 11) is 0. The Bertz CT molecular complexity index is 373. The summed E-state index contributed by atoms with van der Waals surface area (Å²) in [6.45, 7) is 5.76. The van der Waals surface area contributed by atoms with Gasteiger partial charge < -0.3 is 15.2 Å². The second-order valence-corrected chi connectivity index (χ2v) is 4.13. The van der Waals surface area contributed by atoms with E-state index in [1.54, 1.807) is 0 Å². The van der Waals surface area contributed by atoms with Crippen LogP contribution in [0.4, 0.5) is 11.9 Å². The first-order valence-electron chi connectivity index (χ1n) is 5.82. The summed E-state index contributed by atoms with van der Waals surface area (Å²) >= 11 is 0. The molecule has 18 heavy (non-hydrogen) atoms. The van der Waals surface area contributed by atoms with Crippen LogP contribution >= 0.6 is 0 Å². The molecule has 0 fully saturated rings. The van der Waals surface area contributed by atoms with Gasteiger partial charge in [0.25, 0.3) is 0 Å². The van der Waals surface area contributed by atoms with Crippen LogP contribution in [0.1, 0.15) is 27.2 Å². The number of aliphatic hydroxyl groups is 1. The molecule has 8 heteroatoms. The molecular formula is C10H20N6O2. The summed E-state index contributed by atoms with van der Waals surface area (Å²) in [5, 5.41) is 11.9. The van der Waals surface area contributed by atoms with Crippen molar-refractivity contribution in [2.75, 3.05) is 17.3 Å². The minimum absolute atomic E-state index is 0.0370. The Morgan fingerprint density at radius 3 is 2.44 bits per heavy atom.